The lowest BCUT2D eigenvalue weighted by atomic mass is 9.91. The van der Waals surface area contributed by atoms with E-state index in [0.29, 0.717) is 24.4 Å². The van der Waals surface area contributed by atoms with Crippen LogP contribution in [-0.4, -0.2) is 18.7 Å². The molecule has 1 aliphatic rings. The molecule has 3 nitrogen and oxygen atoms in total. The van der Waals surface area contributed by atoms with E-state index in [0.717, 1.165) is 16.7 Å². The van der Waals surface area contributed by atoms with Crippen LogP contribution in [0.2, 0.25) is 0 Å². The Morgan fingerprint density at radius 3 is 2.40 bits per heavy atom. The summed E-state index contributed by atoms with van der Waals surface area (Å²) in [5, 5.41) is 0. The van der Waals surface area contributed by atoms with E-state index in [1.807, 2.05) is 80.6 Å². The maximum Gasteiger partial charge on any atom is 0.334 e. The molecule has 0 spiro atoms. The number of esters is 1. The third-order valence-corrected chi connectivity index (χ3v) is 4.05. The van der Waals surface area contributed by atoms with Crippen LogP contribution in [0, 0.1) is 0 Å². The Morgan fingerprint density at radius 2 is 1.76 bits per heavy atom. The predicted octanol–water partition coefficient (Wildman–Crippen LogP) is 4.85. The van der Waals surface area contributed by atoms with Crippen molar-refractivity contribution in [1.29, 1.82) is 0 Å². The van der Waals surface area contributed by atoms with Crippen molar-refractivity contribution >= 4 is 17.6 Å². The molecule has 2 aromatic rings. The van der Waals surface area contributed by atoms with E-state index in [1.54, 1.807) is 0 Å². The van der Waals surface area contributed by atoms with E-state index in [9.17, 15) is 4.79 Å². The highest BCUT2D eigenvalue weighted by atomic mass is 16.5. The van der Waals surface area contributed by atoms with Crippen molar-refractivity contribution in [1.82, 2.24) is 0 Å². The summed E-state index contributed by atoms with van der Waals surface area (Å²) < 4.78 is 11.4. The predicted molar refractivity (Wildman–Crippen MR) is 99.6 cm³/mol. The molecule has 0 aromatic heterocycles. The molecule has 0 saturated carbocycles. The SMILES string of the molecule is CCOC(=O)C1=C(c2ccccc2)C(=Cc2ccccc2)OC(C)C1. The van der Waals surface area contributed by atoms with Gasteiger partial charge < -0.3 is 9.47 Å². The van der Waals surface area contributed by atoms with Crippen LogP contribution in [0.3, 0.4) is 0 Å². The molecule has 0 radical (unpaired) electrons. The summed E-state index contributed by atoms with van der Waals surface area (Å²) in [5.41, 5.74) is 3.48. The van der Waals surface area contributed by atoms with Crippen LogP contribution in [0.4, 0.5) is 0 Å². The molecule has 25 heavy (non-hydrogen) atoms. The zero-order valence-electron chi connectivity index (χ0n) is 14.6. The Hall–Kier alpha value is -2.81. The van der Waals surface area contributed by atoms with Gasteiger partial charge in [-0.3, -0.25) is 0 Å². The molecule has 0 saturated heterocycles. The van der Waals surface area contributed by atoms with Gasteiger partial charge in [-0.1, -0.05) is 60.7 Å². The lowest BCUT2D eigenvalue weighted by molar-refractivity contribution is -0.139. The average molecular weight is 334 g/mol. The van der Waals surface area contributed by atoms with E-state index in [-0.39, 0.29) is 12.1 Å². The van der Waals surface area contributed by atoms with Crippen molar-refractivity contribution in [3.63, 3.8) is 0 Å². The Kier molecular flexibility index (Phi) is 5.34. The van der Waals surface area contributed by atoms with Crippen LogP contribution < -0.4 is 0 Å². The van der Waals surface area contributed by atoms with Gasteiger partial charge in [0, 0.05) is 12.0 Å². The fourth-order valence-corrected chi connectivity index (χ4v) is 2.99. The minimum Gasteiger partial charge on any atom is -0.490 e. The molecule has 0 fully saturated rings. The Labute approximate surface area is 148 Å². The first kappa shape index (κ1) is 17.0. The maximum absolute atomic E-state index is 12.6. The minimum atomic E-state index is -0.268. The second-order valence-electron chi connectivity index (χ2n) is 5.99. The number of carbonyl (C=O) groups is 1. The molecule has 128 valence electrons. The summed E-state index contributed by atoms with van der Waals surface area (Å²) in [5.74, 6) is 0.440. The molecule has 0 amide bonds. The topological polar surface area (TPSA) is 35.5 Å². The highest BCUT2D eigenvalue weighted by Crippen LogP contribution is 2.37. The van der Waals surface area contributed by atoms with Gasteiger partial charge in [0.05, 0.1) is 12.2 Å². The first-order valence-corrected chi connectivity index (χ1v) is 8.58. The van der Waals surface area contributed by atoms with Crippen LogP contribution in [0.15, 0.2) is 72.0 Å². The van der Waals surface area contributed by atoms with Gasteiger partial charge in [-0.25, -0.2) is 4.79 Å². The summed E-state index contributed by atoms with van der Waals surface area (Å²) in [6, 6.07) is 19.8. The molecule has 0 N–H and O–H groups in total. The Morgan fingerprint density at radius 1 is 1.12 bits per heavy atom. The summed E-state index contributed by atoms with van der Waals surface area (Å²) in [6.07, 6.45) is 2.44. The summed E-state index contributed by atoms with van der Waals surface area (Å²) in [7, 11) is 0. The van der Waals surface area contributed by atoms with Crippen molar-refractivity contribution in [3.05, 3.63) is 83.1 Å². The minimum absolute atomic E-state index is 0.0816. The zero-order chi connectivity index (χ0) is 17.6. The fourth-order valence-electron chi connectivity index (χ4n) is 2.99. The van der Waals surface area contributed by atoms with Crippen LogP contribution >= 0.6 is 0 Å². The van der Waals surface area contributed by atoms with Gasteiger partial charge in [0.15, 0.2) is 0 Å². The molecular formula is C22H22O3. The van der Waals surface area contributed by atoms with Gasteiger partial charge >= 0.3 is 5.97 Å². The lowest BCUT2D eigenvalue weighted by Crippen LogP contribution is -2.23. The van der Waals surface area contributed by atoms with Gasteiger partial charge in [0.25, 0.3) is 0 Å². The summed E-state index contributed by atoms with van der Waals surface area (Å²) in [6.45, 7) is 4.15. The second-order valence-corrected chi connectivity index (χ2v) is 5.99. The fraction of sp³-hybridized carbons (Fsp3) is 0.227. The normalized spacial score (nSPS) is 18.8. The van der Waals surface area contributed by atoms with Gasteiger partial charge in [-0.15, -0.1) is 0 Å². The summed E-state index contributed by atoms with van der Waals surface area (Å²) in [4.78, 5) is 12.6. The third kappa shape index (κ3) is 4.00. The van der Waals surface area contributed by atoms with Crippen molar-refractivity contribution in [2.45, 2.75) is 26.4 Å². The number of hydrogen-bond acceptors (Lipinski definition) is 3. The Balaban J connectivity index is 2.16. The molecule has 0 bridgehead atoms. The molecule has 1 heterocycles. The molecule has 1 aliphatic heterocycles. The molecule has 1 unspecified atom stereocenters. The van der Waals surface area contributed by atoms with Gasteiger partial charge in [0.2, 0.25) is 0 Å². The number of ether oxygens (including phenoxy) is 2. The number of rotatable bonds is 4. The second kappa shape index (κ2) is 7.84. The van der Waals surface area contributed by atoms with Crippen LogP contribution in [0.25, 0.3) is 11.6 Å². The molecule has 0 aliphatic carbocycles. The largest absolute Gasteiger partial charge is 0.490 e. The average Bonchev–Trinajstić information content (AvgIpc) is 2.63. The van der Waals surface area contributed by atoms with Crippen molar-refractivity contribution in [3.8, 4) is 0 Å². The van der Waals surface area contributed by atoms with E-state index >= 15 is 0 Å². The van der Waals surface area contributed by atoms with Gasteiger partial charge in [-0.2, -0.15) is 0 Å². The molecule has 3 rings (SSSR count). The standard InChI is InChI=1S/C22H22O3/c1-3-24-22(23)19-14-16(2)25-20(15-17-10-6-4-7-11-17)21(19)18-12-8-5-9-13-18/h4-13,15-16H,3,14H2,1-2H3. The first-order chi connectivity index (χ1) is 12.2. The van der Waals surface area contributed by atoms with Crippen LogP contribution in [-0.2, 0) is 14.3 Å². The number of hydrogen-bond donors (Lipinski definition) is 0. The highest BCUT2D eigenvalue weighted by molar-refractivity contribution is 6.02. The van der Waals surface area contributed by atoms with E-state index in [2.05, 4.69) is 0 Å². The van der Waals surface area contributed by atoms with Crippen molar-refractivity contribution in [2.24, 2.45) is 0 Å². The number of benzene rings is 2. The maximum atomic E-state index is 12.6. The van der Waals surface area contributed by atoms with Gasteiger partial charge in [-0.05, 0) is 31.1 Å². The lowest BCUT2D eigenvalue weighted by Gasteiger charge is -2.28. The molecule has 1 atom stereocenters. The van der Waals surface area contributed by atoms with Crippen LogP contribution in [0.5, 0.6) is 0 Å². The van der Waals surface area contributed by atoms with Crippen molar-refractivity contribution in [2.75, 3.05) is 6.61 Å². The molecule has 2 aromatic carbocycles. The van der Waals surface area contributed by atoms with E-state index in [1.165, 1.54) is 0 Å². The number of carbonyl (C=O) groups excluding carboxylic acids is 1. The first-order valence-electron chi connectivity index (χ1n) is 8.58. The van der Waals surface area contributed by atoms with E-state index in [4.69, 9.17) is 9.47 Å². The Bertz CT molecular complexity index is 789. The molecular weight excluding hydrogens is 312 g/mol. The monoisotopic (exact) mass is 334 g/mol. The molecule has 3 heteroatoms. The summed E-state index contributed by atoms with van der Waals surface area (Å²) >= 11 is 0. The van der Waals surface area contributed by atoms with Gasteiger partial charge in [0.1, 0.15) is 11.9 Å². The van der Waals surface area contributed by atoms with Crippen LogP contribution in [0.1, 0.15) is 31.4 Å². The van der Waals surface area contributed by atoms with E-state index < -0.39 is 0 Å². The zero-order valence-corrected chi connectivity index (χ0v) is 14.6. The number of allylic oxidation sites excluding steroid dienone is 1. The smallest absolute Gasteiger partial charge is 0.334 e. The van der Waals surface area contributed by atoms with Crippen molar-refractivity contribution < 1.29 is 14.3 Å². The quantitative estimate of drug-likeness (QED) is 0.750. The third-order valence-electron chi connectivity index (χ3n) is 4.05. The highest BCUT2D eigenvalue weighted by Gasteiger charge is 2.29.